The Bertz CT molecular complexity index is 501. The lowest BCUT2D eigenvalue weighted by Crippen LogP contribution is -1.97. The summed E-state index contributed by atoms with van der Waals surface area (Å²) >= 11 is 0. The highest BCUT2D eigenvalue weighted by Crippen LogP contribution is 2.18. The average Bonchev–Trinajstić information content (AvgIpc) is 2.38. The van der Waals surface area contributed by atoms with Gasteiger partial charge in [0, 0.05) is 6.08 Å². The molecule has 0 amide bonds. The predicted octanol–water partition coefficient (Wildman–Crippen LogP) is 3.21. The minimum absolute atomic E-state index is 0.676. The van der Waals surface area contributed by atoms with Crippen molar-refractivity contribution in [2.45, 2.75) is 26.7 Å². The van der Waals surface area contributed by atoms with E-state index in [9.17, 15) is 4.79 Å². The number of carbonyl (C=O) groups excluding carboxylic acids is 1. The third-order valence-corrected chi connectivity index (χ3v) is 2.55. The van der Waals surface area contributed by atoms with Gasteiger partial charge in [-0.05, 0) is 42.7 Å². The Hall–Kier alpha value is -2.28. The maximum absolute atomic E-state index is 11.0. The van der Waals surface area contributed by atoms with E-state index in [1.165, 1.54) is 12.3 Å². The predicted molar refractivity (Wildman–Crippen MR) is 72.3 cm³/mol. The molecule has 0 spiro atoms. The van der Waals surface area contributed by atoms with Crippen LogP contribution in [0.3, 0.4) is 0 Å². The van der Waals surface area contributed by atoms with E-state index in [2.05, 4.69) is 11.7 Å². The van der Waals surface area contributed by atoms with Crippen molar-refractivity contribution in [3.05, 3.63) is 35.4 Å². The molecule has 0 atom stereocenters. The molecule has 1 aromatic carbocycles. The summed E-state index contributed by atoms with van der Waals surface area (Å²) in [6.07, 6.45) is 6.30. The van der Waals surface area contributed by atoms with Crippen LogP contribution in [-0.4, -0.2) is 12.6 Å². The molecule has 4 nitrogen and oxygen atoms in total. The van der Waals surface area contributed by atoms with Crippen LogP contribution in [0, 0.1) is 18.4 Å². The molecular formula is C15H17NO3. The molecule has 0 unspecified atom stereocenters. The third kappa shape index (κ3) is 5.26. The number of hydrogen-bond donors (Lipinski definition) is 0. The van der Waals surface area contributed by atoms with E-state index in [1.54, 1.807) is 6.08 Å². The molecule has 0 N–H and O–H groups in total. The summed E-state index contributed by atoms with van der Waals surface area (Å²) in [5.74, 6) is 0.146. The maximum Gasteiger partial charge on any atom is 0.346 e. The van der Waals surface area contributed by atoms with Crippen LogP contribution < -0.4 is 4.74 Å². The van der Waals surface area contributed by atoms with Crippen molar-refractivity contribution in [2.24, 2.45) is 0 Å². The minimum atomic E-state index is -0.676. The molecule has 0 saturated heterocycles. The molecule has 1 rings (SSSR count). The largest absolute Gasteiger partial charge is 0.494 e. The Balaban J connectivity index is 2.67. The number of unbranched alkanes of at least 4 members (excludes halogenated alkanes) is 1. The van der Waals surface area contributed by atoms with Crippen molar-refractivity contribution < 1.29 is 14.3 Å². The molecule has 19 heavy (non-hydrogen) atoms. The van der Waals surface area contributed by atoms with Gasteiger partial charge in [0.2, 0.25) is 0 Å². The highest BCUT2D eigenvalue weighted by Gasteiger charge is 2.00. The van der Waals surface area contributed by atoms with Gasteiger partial charge in [-0.15, -0.1) is 5.26 Å². The van der Waals surface area contributed by atoms with Gasteiger partial charge in [-0.25, -0.2) is 4.79 Å². The van der Waals surface area contributed by atoms with E-state index < -0.39 is 5.97 Å². The maximum atomic E-state index is 11.0. The second-order valence-electron chi connectivity index (χ2n) is 4.07. The normalized spacial score (nSPS) is 10.2. The fourth-order valence-corrected chi connectivity index (χ4v) is 1.50. The van der Waals surface area contributed by atoms with Crippen molar-refractivity contribution >= 4 is 12.0 Å². The van der Waals surface area contributed by atoms with Crippen LogP contribution in [0.25, 0.3) is 6.08 Å². The SMILES string of the molecule is CCCCOc1ccc(/C=C/C(=O)OC#N)c(C)c1. The van der Waals surface area contributed by atoms with Crippen molar-refractivity contribution in [1.82, 2.24) is 0 Å². The van der Waals surface area contributed by atoms with Crippen molar-refractivity contribution in [1.29, 1.82) is 5.26 Å². The second-order valence-corrected chi connectivity index (χ2v) is 4.07. The lowest BCUT2D eigenvalue weighted by molar-refractivity contribution is -0.131. The fourth-order valence-electron chi connectivity index (χ4n) is 1.50. The lowest BCUT2D eigenvalue weighted by Gasteiger charge is -2.07. The van der Waals surface area contributed by atoms with Gasteiger partial charge < -0.3 is 9.47 Å². The molecule has 0 aliphatic heterocycles. The van der Waals surface area contributed by atoms with Crippen LogP contribution in [0.4, 0.5) is 0 Å². The lowest BCUT2D eigenvalue weighted by atomic mass is 10.1. The average molecular weight is 259 g/mol. The van der Waals surface area contributed by atoms with E-state index in [1.807, 2.05) is 25.1 Å². The van der Waals surface area contributed by atoms with Gasteiger partial charge in [0.1, 0.15) is 5.75 Å². The molecule has 4 heteroatoms. The Morgan fingerprint density at radius 2 is 2.26 bits per heavy atom. The van der Waals surface area contributed by atoms with Crippen molar-refractivity contribution in [3.8, 4) is 12.0 Å². The molecule has 0 radical (unpaired) electrons. The summed E-state index contributed by atoms with van der Waals surface area (Å²) in [7, 11) is 0. The Labute approximate surface area is 113 Å². The van der Waals surface area contributed by atoms with Crippen LogP contribution in [0.1, 0.15) is 30.9 Å². The minimum Gasteiger partial charge on any atom is -0.494 e. The molecular weight excluding hydrogens is 242 g/mol. The van der Waals surface area contributed by atoms with Crippen LogP contribution in [0.2, 0.25) is 0 Å². The summed E-state index contributed by atoms with van der Waals surface area (Å²) in [4.78, 5) is 11.0. The number of aryl methyl sites for hydroxylation is 1. The van der Waals surface area contributed by atoms with E-state index in [0.717, 1.165) is 29.7 Å². The standard InChI is InChI=1S/C15H17NO3/c1-3-4-9-18-14-7-5-13(12(2)10-14)6-8-15(17)19-11-16/h5-8,10H,3-4,9H2,1-2H3/b8-6+. The molecule has 0 fully saturated rings. The Morgan fingerprint density at radius 3 is 2.89 bits per heavy atom. The Kier molecular flexibility index (Phi) is 6.17. The first-order valence-electron chi connectivity index (χ1n) is 6.18. The smallest absolute Gasteiger partial charge is 0.346 e. The van der Waals surface area contributed by atoms with Gasteiger partial charge in [-0.1, -0.05) is 19.4 Å². The zero-order valence-electron chi connectivity index (χ0n) is 11.2. The van der Waals surface area contributed by atoms with Crippen molar-refractivity contribution in [2.75, 3.05) is 6.61 Å². The van der Waals surface area contributed by atoms with Gasteiger partial charge in [0.15, 0.2) is 0 Å². The van der Waals surface area contributed by atoms with Gasteiger partial charge >= 0.3 is 5.97 Å². The van der Waals surface area contributed by atoms with E-state index in [4.69, 9.17) is 10.00 Å². The topological polar surface area (TPSA) is 59.3 Å². The van der Waals surface area contributed by atoms with Crippen LogP contribution in [0.5, 0.6) is 5.75 Å². The summed E-state index contributed by atoms with van der Waals surface area (Å²) in [6, 6.07) is 5.65. The molecule has 0 aromatic heterocycles. The third-order valence-electron chi connectivity index (χ3n) is 2.55. The number of nitriles is 1. The van der Waals surface area contributed by atoms with Crippen LogP contribution in [0.15, 0.2) is 24.3 Å². The van der Waals surface area contributed by atoms with E-state index in [0.29, 0.717) is 6.61 Å². The molecule has 0 aliphatic carbocycles. The molecule has 0 heterocycles. The number of benzene rings is 1. The summed E-state index contributed by atoms with van der Waals surface area (Å²) in [6.45, 7) is 4.75. The number of rotatable bonds is 6. The number of carbonyl (C=O) groups is 1. The summed E-state index contributed by atoms with van der Waals surface area (Å²) in [5, 5.41) is 8.18. The Morgan fingerprint density at radius 1 is 1.47 bits per heavy atom. The summed E-state index contributed by atoms with van der Waals surface area (Å²) < 4.78 is 9.74. The first-order valence-corrected chi connectivity index (χ1v) is 6.18. The van der Waals surface area contributed by atoms with Gasteiger partial charge in [0.25, 0.3) is 6.26 Å². The first kappa shape index (κ1) is 14.8. The van der Waals surface area contributed by atoms with Crippen LogP contribution in [-0.2, 0) is 9.53 Å². The van der Waals surface area contributed by atoms with Crippen molar-refractivity contribution in [3.63, 3.8) is 0 Å². The molecule has 0 bridgehead atoms. The van der Waals surface area contributed by atoms with Gasteiger partial charge in [-0.3, -0.25) is 0 Å². The quantitative estimate of drug-likeness (QED) is 0.340. The summed E-state index contributed by atoms with van der Waals surface area (Å²) in [5.41, 5.74) is 1.88. The zero-order valence-corrected chi connectivity index (χ0v) is 11.2. The van der Waals surface area contributed by atoms with Crippen LogP contribution >= 0.6 is 0 Å². The molecule has 100 valence electrons. The number of nitrogens with zero attached hydrogens (tertiary/aromatic N) is 1. The zero-order chi connectivity index (χ0) is 14.1. The van der Waals surface area contributed by atoms with E-state index >= 15 is 0 Å². The first-order chi connectivity index (χ1) is 9.17. The highest BCUT2D eigenvalue weighted by atomic mass is 16.5. The highest BCUT2D eigenvalue weighted by molar-refractivity contribution is 5.87. The number of hydrogen-bond acceptors (Lipinski definition) is 4. The fraction of sp³-hybridized carbons (Fsp3) is 0.333. The molecule has 0 saturated carbocycles. The monoisotopic (exact) mass is 259 g/mol. The number of ether oxygens (including phenoxy) is 2. The molecule has 0 aliphatic rings. The number of esters is 1. The van der Waals surface area contributed by atoms with Gasteiger partial charge in [0.05, 0.1) is 6.61 Å². The second kappa shape index (κ2) is 7.93. The molecule has 1 aromatic rings. The van der Waals surface area contributed by atoms with E-state index in [-0.39, 0.29) is 0 Å². The van der Waals surface area contributed by atoms with Gasteiger partial charge in [-0.2, -0.15) is 0 Å².